The van der Waals surface area contributed by atoms with Gasteiger partial charge in [-0.15, -0.1) is 0 Å². The average Bonchev–Trinajstić information content (AvgIpc) is 2.54. The number of nitrogens with zero attached hydrogens (tertiary/aromatic N) is 1. The Morgan fingerprint density at radius 2 is 2.18 bits per heavy atom. The number of halogens is 1. The van der Waals surface area contributed by atoms with E-state index < -0.39 is 0 Å². The highest BCUT2D eigenvalue weighted by Crippen LogP contribution is 2.31. The van der Waals surface area contributed by atoms with Crippen molar-refractivity contribution < 1.29 is 0 Å². The average molecular weight is 291 g/mol. The first-order valence-corrected chi connectivity index (χ1v) is 6.68. The Bertz CT molecular complexity index is 610. The van der Waals surface area contributed by atoms with Gasteiger partial charge in [0.15, 0.2) is 0 Å². The summed E-state index contributed by atoms with van der Waals surface area (Å²) in [6, 6.07) is 6.64. The molecule has 1 aromatic carbocycles. The lowest BCUT2D eigenvalue weighted by molar-refractivity contribution is 0.668. The lowest BCUT2D eigenvalue weighted by atomic mass is 10.2. The highest BCUT2D eigenvalue weighted by molar-refractivity contribution is 9.10. The Morgan fingerprint density at radius 1 is 1.35 bits per heavy atom. The van der Waals surface area contributed by atoms with Crippen LogP contribution in [0.2, 0.25) is 0 Å². The standard InChI is InChI=1S/C14H15BrN2/c1-9-6-11-8-13-10(2)16-4-3-5-17(13)14(11)12(15)7-9/h6-8,16H,2-5H2,1H3. The zero-order chi connectivity index (χ0) is 12.0. The Labute approximate surface area is 109 Å². The van der Waals surface area contributed by atoms with Crippen LogP contribution in [0.4, 0.5) is 0 Å². The van der Waals surface area contributed by atoms with Gasteiger partial charge in [-0.2, -0.15) is 0 Å². The Balaban J connectivity index is 2.35. The van der Waals surface area contributed by atoms with Gasteiger partial charge in [-0.3, -0.25) is 0 Å². The van der Waals surface area contributed by atoms with Crippen molar-refractivity contribution in [3.63, 3.8) is 0 Å². The predicted molar refractivity (Wildman–Crippen MR) is 76.0 cm³/mol. The van der Waals surface area contributed by atoms with Crippen molar-refractivity contribution in [3.8, 4) is 0 Å². The summed E-state index contributed by atoms with van der Waals surface area (Å²) in [7, 11) is 0. The molecule has 1 aliphatic rings. The third-order valence-corrected chi connectivity index (χ3v) is 3.90. The number of fused-ring (bicyclic) bond motifs is 3. The molecule has 3 rings (SSSR count). The zero-order valence-corrected chi connectivity index (χ0v) is 11.5. The van der Waals surface area contributed by atoms with Crippen LogP contribution in [-0.4, -0.2) is 11.1 Å². The predicted octanol–water partition coefficient (Wildman–Crippen LogP) is 3.68. The van der Waals surface area contributed by atoms with Crippen LogP contribution >= 0.6 is 15.9 Å². The lowest BCUT2D eigenvalue weighted by Gasteiger charge is -2.08. The highest BCUT2D eigenvalue weighted by Gasteiger charge is 2.16. The largest absolute Gasteiger partial charge is 0.384 e. The van der Waals surface area contributed by atoms with E-state index in [0.717, 1.165) is 25.2 Å². The van der Waals surface area contributed by atoms with E-state index in [0.29, 0.717) is 0 Å². The second kappa shape index (κ2) is 3.91. The molecule has 0 fully saturated rings. The number of hydrogen-bond acceptors (Lipinski definition) is 1. The number of aromatic nitrogens is 1. The number of nitrogens with one attached hydrogen (secondary N) is 1. The number of rotatable bonds is 0. The molecule has 17 heavy (non-hydrogen) atoms. The van der Waals surface area contributed by atoms with Crippen LogP contribution in [0.15, 0.2) is 29.3 Å². The van der Waals surface area contributed by atoms with Crippen LogP contribution < -0.4 is 5.32 Å². The summed E-state index contributed by atoms with van der Waals surface area (Å²) in [5, 5.41) is 4.65. The molecule has 2 aromatic rings. The Morgan fingerprint density at radius 3 is 3.00 bits per heavy atom. The van der Waals surface area contributed by atoms with Gasteiger partial charge in [0.1, 0.15) is 0 Å². The molecule has 1 aliphatic heterocycles. The van der Waals surface area contributed by atoms with Crippen molar-refractivity contribution in [2.24, 2.45) is 0 Å². The molecule has 1 aromatic heterocycles. The van der Waals surface area contributed by atoms with Crippen molar-refractivity contribution in [2.75, 3.05) is 6.54 Å². The van der Waals surface area contributed by atoms with Gasteiger partial charge in [-0.25, -0.2) is 0 Å². The van der Waals surface area contributed by atoms with Crippen molar-refractivity contribution in [1.82, 2.24) is 9.88 Å². The van der Waals surface area contributed by atoms with Crippen LogP contribution in [0, 0.1) is 6.92 Å². The summed E-state index contributed by atoms with van der Waals surface area (Å²) >= 11 is 3.68. The molecule has 2 nitrogen and oxygen atoms in total. The van der Waals surface area contributed by atoms with Gasteiger partial charge in [0.2, 0.25) is 0 Å². The van der Waals surface area contributed by atoms with Gasteiger partial charge >= 0.3 is 0 Å². The van der Waals surface area contributed by atoms with Crippen molar-refractivity contribution in [1.29, 1.82) is 0 Å². The van der Waals surface area contributed by atoms with Crippen LogP contribution in [0.1, 0.15) is 17.7 Å². The molecule has 0 aliphatic carbocycles. The maximum atomic E-state index is 4.12. The Hall–Kier alpha value is -1.22. The Kier molecular flexibility index (Phi) is 2.51. The summed E-state index contributed by atoms with van der Waals surface area (Å²) in [6.07, 6.45) is 1.14. The number of benzene rings is 1. The second-order valence-electron chi connectivity index (χ2n) is 4.62. The number of aryl methyl sites for hydroxylation is 2. The van der Waals surface area contributed by atoms with E-state index in [2.05, 4.69) is 57.5 Å². The maximum Gasteiger partial charge on any atom is 0.0647 e. The molecular weight excluding hydrogens is 276 g/mol. The van der Waals surface area contributed by atoms with Gasteiger partial charge in [0, 0.05) is 22.9 Å². The highest BCUT2D eigenvalue weighted by atomic mass is 79.9. The normalized spacial score (nSPS) is 15.5. The molecule has 88 valence electrons. The summed E-state index contributed by atoms with van der Waals surface area (Å²) < 4.78 is 3.54. The first kappa shape index (κ1) is 10.9. The molecule has 0 spiro atoms. The van der Waals surface area contributed by atoms with E-state index in [1.165, 1.54) is 26.6 Å². The van der Waals surface area contributed by atoms with E-state index in [9.17, 15) is 0 Å². The fourth-order valence-corrected chi connectivity index (χ4v) is 3.36. The molecular formula is C14H15BrN2. The zero-order valence-electron chi connectivity index (χ0n) is 9.89. The van der Waals surface area contributed by atoms with Crippen LogP contribution in [0.25, 0.3) is 16.6 Å². The van der Waals surface area contributed by atoms with Crippen LogP contribution in [0.5, 0.6) is 0 Å². The lowest BCUT2D eigenvalue weighted by Crippen LogP contribution is -2.09. The molecule has 0 radical (unpaired) electrons. The molecule has 0 bridgehead atoms. The molecule has 2 heterocycles. The van der Waals surface area contributed by atoms with E-state index in [1.807, 2.05) is 0 Å². The fourth-order valence-electron chi connectivity index (χ4n) is 2.55. The third kappa shape index (κ3) is 1.69. The SMILES string of the molecule is C=C1NCCCn2c1cc1cc(C)cc(Br)c12. The van der Waals surface area contributed by atoms with E-state index in [1.54, 1.807) is 0 Å². The van der Waals surface area contributed by atoms with Gasteiger partial charge in [0.05, 0.1) is 16.9 Å². The van der Waals surface area contributed by atoms with Crippen LogP contribution in [0.3, 0.4) is 0 Å². The quantitative estimate of drug-likeness (QED) is 0.783. The fraction of sp³-hybridized carbons (Fsp3) is 0.286. The van der Waals surface area contributed by atoms with E-state index >= 15 is 0 Å². The molecule has 1 N–H and O–H groups in total. The first-order valence-electron chi connectivity index (χ1n) is 5.89. The van der Waals surface area contributed by atoms with Gasteiger partial charge in [-0.1, -0.05) is 6.58 Å². The molecule has 0 amide bonds. The molecule has 0 saturated carbocycles. The molecule has 3 heteroatoms. The number of hydrogen-bond donors (Lipinski definition) is 1. The summed E-state index contributed by atoms with van der Waals surface area (Å²) in [5.74, 6) is 0. The van der Waals surface area contributed by atoms with Crippen LogP contribution in [-0.2, 0) is 6.54 Å². The monoisotopic (exact) mass is 290 g/mol. The minimum atomic E-state index is 1.01. The topological polar surface area (TPSA) is 17.0 Å². The van der Waals surface area contributed by atoms with Crippen molar-refractivity contribution in [2.45, 2.75) is 19.9 Å². The smallest absolute Gasteiger partial charge is 0.0647 e. The second-order valence-corrected chi connectivity index (χ2v) is 5.48. The third-order valence-electron chi connectivity index (χ3n) is 3.30. The van der Waals surface area contributed by atoms with Gasteiger partial charge in [-0.05, 0) is 53.0 Å². The summed E-state index contributed by atoms with van der Waals surface area (Å²) in [4.78, 5) is 0. The van der Waals surface area contributed by atoms with Crippen molar-refractivity contribution >= 4 is 32.5 Å². The molecule has 0 unspecified atom stereocenters. The minimum absolute atomic E-state index is 1.01. The summed E-state index contributed by atoms with van der Waals surface area (Å²) in [5.41, 5.74) is 4.81. The summed E-state index contributed by atoms with van der Waals surface area (Å²) in [6.45, 7) is 8.29. The van der Waals surface area contributed by atoms with Crippen molar-refractivity contribution in [3.05, 3.63) is 40.5 Å². The minimum Gasteiger partial charge on any atom is -0.384 e. The van der Waals surface area contributed by atoms with Gasteiger partial charge < -0.3 is 9.88 Å². The molecule has 0 saturated heterocycles. The van der Waals surface area contributed by atoms with E-state index in [-0.39, 0.29) is 0 Å². The molecule has 0 atom stereocenters. The maximum absolute atomic E-state index is 4.12. The van der Waals surface area contributed by atoms with Gasteiger partial charge in [0.25, 0.3) is 0 Å². The first-order chi connectivity index (χ1) is 8.16. The van der Waals surface area contributed by atoms with E-state index in [4.69, 9.17) is 0 Å².